The molecule has 0 radical (unpaired) electrons. The lowest BCUT2D eigenvalue weighted by atomic mass is 10.1. The first-order valence-electron chi connectivity index (χ1n) is 13.5. The summed E-state index contributed by atoms with van der Waals surface area (Å²) in [5.74, 6) is -0.875. The summed E-state index contributed by atoms with van der Waals surface area (Å²) in [6.45, 7) is 4.13. The van der Waals surface area contributed by atoms with Gasteiger partial charge in [-0.1, -0.05) is 30.3 Å². The van der Waals surface area contributed by atoms with Gasteiger partial charge in [-0.05, 0) is 50.6 Å². The third-order valence-corrected chi connectivity index (χ3v) is 10.7. The Morgan fingerprint density at radius 1 is 1.12 bits per heavy atom. The molecule has 220 valence electrons. The number of benzene rings is 2. The van der Waals surface area contributed by atoms with E-state index in [1.54, 1.807) is 23.0 Å². The number of amides is 1. The number of aromatic nitrogens is 2. The largest absolute Gasteiger partial charge is 0.373 e. The van der Waals surface area contributed by atoms with Crippen LogP contribution in [0.25, 0.3) is 23.0 Å². The highest BCUT2D eigenvalue weighted by Crippen LogP contribution is 2.30. The zero-order chi connectivity index (χ0) is 30.1. The lowest BCUT2D eigenvalue weighted by molar-refractivity contribution is -0.117. The van der Waals surface area contributed by atoms with Gasteiger partial charge >= 0.3 is 0 Å². The highest BCUT2D eigenvalue weighted by atomic mass is 32.2. The second-order valence-corrected chi connectivity index (χ2v) is 14.7. The number of sulfonamides is 1. The molecule has 1 amide bonds. The minimum Gasteiger partial charge on any atom is -0.373 e. The SMILES string of the molecule is CC1CN(S(=O)(=O)c2cccc(-c3nn(-c4ccccc4)cc3/C=C(/C#N)C(=O)NC3CCS(=O)(=O)C3)c2)CC(C)O1. The van der Waals surface area contributed by atoms with Crippen LogP contribution in [-0.4, -0.2) is 79.7 Å². The summed E-state index contributed by atoms with van der Waals surface area (Å²) in [4.78, 5) is 13.1. The number of rotatable bonds is 7. The molecule has 42 heavy (non-hydrogen) atoms. The molecule has 3 heterocycles. The van der Waals surface area contributed by atoms with Crippen molar-refractivity contribution in [3.05, 3.63) is 71.9 Å². The van der Waals surface area contributed by atoms with Gasteiger partial charge in [0.15, 0.2) is 9.84 Å². The maximum absolute atomic E-state index is 13.6. The van der Waals surface area contributed by atoms with Gasteiger partial charge in [0.25, 0.3) is 5.91 Å². The zero-order valence-electron chi connectivity index (χ0n) is 23.2. The molecular formula is C29H31N5O6S2. The number of nitrogens with zero attached hydrogens (tertiary/aromatic N) is 4. The van der Waals surface area contributed by atoms with Gasteiger partial charge < -0.3 is 10.1 Å². The van der Waals surface area contributed by atoms with Crippen molar-refractivity contribution in [3.8, 4) is 23.0 Å². The van der Waals surface area contributed by atoms with E-state index in [-0.39, 0.29) is 53.7 Å². The molecule has 0 saturated carbocycles. The normalized spacial score (nSPS) is 22.9. The van der Waals surface area contributed by atoms with Crippen LogP contribution in [-0.2, 0) is 29.4 Å². The first-order chi connectivity index (χ1) is 19.9. The number of nitrogens with one attached hydrogen (secondary N) is 1. The van der Waals surface area contributed by atoms with Crippen LogP contribution in [0.4, 0.5) is 0 Å². The van der Waals surface area contributed by atoms with Crippen LogP contribution < -0.4 is 5.32 Å². The van der Waals surface area contributed by atoms with Gasteiger partial charge in [-0.2, -0.15) is 14.7 Å². The van der Waals surface area contributed by atoms with Crippen molar-refractivity contribution in [2.24, 2.45) is 0 Å². The molecule has 11 nitrogen and oxygen atoms in total. The van der Waals surface area contributed by atoms with Gasteiger partial charge in [-0.25, -0.2) is 21.5 Å². The Morgan fingerprint density at radius 3 is 2.48 bits per heavy atom. The predicted octanol–water partition coefficient (Wildman–Crippen LogP) is 2.55. The van der Waals surface area contributed by atoms with Crippen molar-refractivity contribution in [1.29, 1.82) is 5.26 Å². The van der Waals surface area contributed by atoms with E-state index in [2.05, 4.69) is 5.32 Å². The van der Waals surface area contributed by atoms with Crippen LogP contribution in [0.15, 0.2) is 71.3 Å². The number of carbonyl (C=O) groups excluding carboxylic acids is 1. The minimum absolute atomic E-state index is 0.0148. The van der Waals surface area contributed by atoms with Gasteiger partial charge in [-0.15, -0.1) is 0 Å². The van der Waals surface area contributed by atoms with Crippen molar-refractivity contribution < 1.29 is 26.4 Å². The van der Waals surface area contributed by atoms with Crippen LogP contribution in [0.2, 0.25) is 0 Å². The van der Waals surface area contributed by atoms with E-state index in [1.165, 1.54) is 22.5 Å². The van der Waals surface area contributed by atoms with E-state index in [9.17, 15) is 26.9 Å². The molecule has 2 aliphatic heterocycles. The molecular weight excluding hydrogens is 578 g/mol. The minimum atomic E-state index is -3.84. The Morgan fingerprint density at radius 2 is 1.83 bits per heavy atom. The molecule has 3 atom stereocenters. The summed E-state index contributed by atoms with van der Waals surface area (Å²) in [6.07, 6.45) is 2.83. The number of sulfone groups is 1. The summed E-state index contributed by atoms with van der Waals surface area (Å²) in [5.41, 5.74) is 1.74. The number of carbonyl (C=O) groups is 1. The number of para-hydroxylation sites is 1. The molecule has 1 N–H and O–H groups in total. The van der Waals surface area contributed by atoms with Crippen LogP contribution in [0, 0.1) is 11.3 Å². The molecule has 2 saturated heterocycles. The summed E-state index contributed by atoms with van der Waals surface area (Å²) >= 11 is 0. The Labute approximate surface area is 245 Å². The smallest absolute Gasteiger partial charge is 0.262 e. The Bertz CT molecular complexity index is 1770. The lowest BCUT2D eigenvalue weighted by Gasteiger charge is -2.34. The van der Waals surface area contributed by atoms with Gasteiger partial charge in [0.05, 0.1) is 34.3 Å². The average Bonchev–Trinajstić information content (AvgIpc) is 3.53. The maximum atomic E-state index is 13.6. The standard InChI is InChI=1S/C29H31N5O6S2/c1-20-16-33(17-21(2)40-20)42(38,39)27-10-6-7-22(14-27)28-24(18-34(32-28)26-8-4-3-5-9-26)13-23(15-30)29(35)31-25-11-12-41(36,37)19-25/h3-10,13-14,18,20-21,25H,11-12,16-17,19H2,1-2H3,(H,31,35)/b23-13-. The molecule has 5 rings (SSSR count). The van der Waals surface area contributed by atoms with Crippen LogP contribution >= 0.6 is 0 Å². The van der Waals surface area contributed by atoms with Crippen LogP contribution in [0.5, 0.6) is 0 Å². The quantitative estimate of drug-likeness (QED) is 0.317. The zero-order valence-corrected chi connectivity index (χ0v) is 24.8. The first kappa shape index (κ1) is 29.7. The van der Waals surface area contributed by atoms with E-state index in [0.717, 1.165) is 5.69 Å². The third kappa shape index (κ3) is 6.47. The third-order valence-electron chi connectivity index (χ3n) is 7.13. The van der Waals surface area contributed by atoms with Crippen LogP contribution in [0.1, 0.15) is 25.8 Å². The monoisotopic (exact) mass is 609 g/mol. The average molecular weight is 610 g/mol. The van der Waals surface area contributed by atoms with Crippen molar-refractivity contribution >= 4 is 31.8 Å². The molecule has 0 spiro atoms. The second kappa shape index (κ2) is 11.8. The molecule has 3 aromatic rings. The van der Waals surface area contributed by atoms with Gasteiger partial charge in [0, 0.05) is 36.5 Å². The Hall–Kier alpha value is -3.83. The number of ether oxygens (including phenoxy) is 1. The number of hydrogen-bond acceptors (Lipinski definition) is 8. The summed E-state index contributed by atoms with van der Waals surface area (Å²) < 4.78 is 59.5. The number of nitriles is 1. The number of hydrogen-bond donors (Lipinski definition) is 1. The fourth-order valence-corrected chi connectivity index (χ4v) is 8.50. The molecule has 2 aliphatic rings. The van der Waals surface area contributed by atoms with Gasteiger partial charge in [0.2, 0.25) is 10.0 Å². The number of morpholine rings is 1. The van der Waals surface area contributed by atoms with Crippen LogP contribution in [0.3, 0.4) is 0 Å². The Balaban J connectivity index is 1.53. The molecule has 0 aliphatic carbocycles. The molecule has 13 heteroatoms. The van der Waals surface area contributed by atoms with Gasteiger partial charge in [-0.3, -0.25) is 4.79 Å². The van der Waals surface area contributed by atoms with Crippen molar-refractivity contribution in [3.63, 3.8) is 0 Å². The summed E-state index contributed by atoms with van der Waals surface area (Å²) in [7, 11) is -7.07. The molecule has 0 bridgehead atoms. The van der Waals surface area contributed by atoms with E-state index < -0.39 is 31.8 Å². The highest BCUT2D eigenvalue weighted by molar-refractivity contribution is 7.91. The second-order valence-electron chi connectivity index (χ2n) is 10.6. The highest BCUT2D eigenvalue weighted by Gasteiger charge is 2.33. The molecule has 2 fully saturated rings. The lowest BCUT2D eigenvalue weighted by Crippen LogP contribution is -2.48. The fraction of sp³-hybridized carbons (Fsp3) is 0.345. The summed E-state index contributed by atoms with van der Waals surface area (Å²) in [5, 5.41) is 17.2. The fourth-order valence-electron chi connectivity index (χ4n) is 5.19. The maximum Gasteiger partial charge on any atom is 0.262 e. The van der Waals surface area contributed by atoms with Crippen molar-refractivity contribution in [2.75, 3.05) is 24.6 Å². The molecule has 2 aromatic carbocycles. The summed E-state index contributed by atoms with van der Waals surface area (Å²) in [6, 6.07) is 17.0. The van der Waals surface area contributed by atoms with Crippen molar-refractivity contribution in [1.82, 2.24) is 19.4 Å². The van der Waals surface area contributed by atoms with E-state index in [4.69, 9.17) is 9.84 Å². The van der Waals surface area contributed by atoms with E-state index in [1.807, 2.05) is 50.2 Å². The van der Waals surface area contributed by atoms with Crippen molar-refractivity contribution in [2.45, 2.75) is 43.4 Å². The molecule has 1 aromatic heterocycles. The van der Waals surface area contributed by atoms with E-state index in [0.29, 0.717) is 16.8 Å². The predicted molar refractivity (Wildman–Crippen MR) is 157 cm³/mol. The topological polar surface area (TPSA) is 151 Å². The Kier molecular flexibility index (Phi) is 8.34. The first-order valence-corrected chi connectivity index (χ1v) is 16.8. The van der Waals surface area contributed by atoms with E-state index >= 15 is 0 Å². The van der Waals surface area contributed by atoms with Gasteiger partial charge in [0.1, 0.15) is 17.3 Å². The molecule has 3 unspecified atom stereocenters.